The molecular formula is C4H10N4. The molecule has 0 radical (unpaired) electrons. The molecule has 2 N–H and O–H groups in total. The van der Waals surface area contributed by atoms with Crippen LogP contribution in [0.25, 0.3) is 0 Å². The predicted molar refractivity (Wildman–Crippen MR) is 31.8 cm³/mol. The molecule has 4 nitrogen and oxygen atoms in total. The average Bonchev–Trinajstić information content (AvgIpc) is 2.14. The Balaban J connectivity index is 2.37. The minimum atomic E-state index is 0.942. The van der Waals surface area contributed by atoms with Crippen molar-refractivity contribution in [2.45, 2.75) is 13.3 Å². The Morgan fingerprint density at radius 2 is 2.50 bits per heavy atom. The summed E-state index contributed by atoms with van der Waals surface area (Å²) < 4.78 is 0. The van der Waals surface area contributed by atoms with Gasteiger partial charge in [-0.15, -0.1) is 10.2 Å². The van der Waals surface area contributed by atoms with Gasteiger partial charge in [-0.1, -0.05) is 6.92 Å². The van der Waals surface area contributed by atoms with Crippen LogP contribution in [0.2, 0.25) is 0 Å². The van der Waals surface area contributed by atoms with Crippen molar-refractivity contribution in [2.75, 3.05) is 7.05 Å². The fourth-order valence-corrected chi connectivity index (χ4v) is 0.537. The van der Waals surface area contributed by atoms with Crippen LogP contribution in [-0.4, -0.2) is 18.0 Å². The van der Waals surface area contributed by atoms with Crippen LogP contribution in [-0.2, 0) is 0 Å². The summed E-state index contributed by atoms with van der Waals surface area (Å²) in [6.45, 7) is 2.05. The lowest BCUT2D eigenvalue weighted by Gasteiger charge is -2.06. The van der Waals surface area contributed by atoms with Gasteiger partial charge in [0.25, 0.3) is 0 Å². The molecule has 0 aromatic rings. The van der Waals surface area contributed by atoms with Gasteiger partial charge in [-0.3, -0.25) is 5.43 Å². The molecule has 1 heterocycles. The van der Waals surface area contributed by atoms with Gasteiger partial charge in [0.15, 0.2) is 0 Å². The number of rotatable bonds is 1. The third kappa shape index (κ3) is 0.894. The lowest BCUT2D eigenvalue weighted by atomic mass is 10.5. The van der Waals surface area contributed by atoms with E-state index >= 15 is 0 Å². The van der Waals surface area contributed by atoms with Gasteiger partial charge >= 0.3 is 0 Å². The Labute approximate surface area is 48.5 Å². The summed E-state index contributed by atoms with van der Waals surface area (Å²) in [5, 5.41) is 5.62. The zero-order valence-corrected chi connectivity index (χ0v) is 5.10. The topological polar surface area (TPSA) is 39.7 Å². The zero-order chi connectivity index (χ0) is 5.98. The van der Waals surface area contributed by atoms with Crippen LogP contribution < -0.4 is 11.0 Å². The van der Waals surface area contributed by atoms with Crippen molar-refractivity contribution in [3.63, 3.8) is 0 Å². The van der Waals surface area contributed by atoms with E-state index in [1.807, 2.05) is 14.0 Å². The molecule has 0 amide bonds. The number of hydrazone groups is 1. The van der Waals surface area contributed by atoms with Crippen molar-refractivity contribution in [3.05, 3.63) is 0 Å². The van der Waals surface area contributed by atoms with Crippen molar-refractivity contribution in [3.8, 4) is 0 Å². The number of hydrazine groups is 2. The van der Waals surface area contributed by atoms with Crippen molar-refractivity contribution in [2.24, 2.45) is 5.10 Å². The molecule has 4 heteroatoms. The second-order valence-electron chi connectivity index (χ2n) is 1.68. The van der Waals surface area contributed by atoms with E-state index in [4.69, 9.17) is 0 Å². The molecule has 0 aliphatic carbocycles. The summed E-state index contributed by atoms with van der Waals surface area (Å²) in [5.74, 6) is 0.979. The molecule has 1 aliphatic rings. The van der Waals surface area contributed by atoms with E-state index in [9.17, 15) is 0 Å². The number of hydrogen-bond donors (Lipinski definition) is 2. The Hall–Kier alpha value is -0.770. The maximum atomic E-state index is 3.92. The SMILES string of the molecule is CCC1=NNN(C)N1. The van der Waals surface area contributed by atoms with Crippen molar-refractivity contribution in [1.29, 1.82) is 0 Å². The number of hydrogen-bond acceptors (Lipinski definition) is 4. The number of nitrogens with zero attached hydrogens (tertiary/aromatic N) is 2. The third-order valence-corrected chi connectivity index (χ3v) is 0.967. The monoisotopic (exact) mass is 114 g/mol. The first kappa shape index (κ1) is 5.37. The first-order valence-electron chi connectivity index (χ1n) is 2.65. The van der Waals surface area contributed by atoms with Gasteiger partial charge in [0.2, 0.25) is 0 Å². The third-order valence-electron chi connectivity index (χ3n) is 0.967. The maximum absolute atomic E-state index is 3.92. The Morgan fingerprint density at radius 1 is 1.75 bits per heavy atom. The molecule has 8 heavy (non-hydrogen) atoms. The van der Waals surface area contributed by atoms with Gasteiger partial charge in [0.05, 0.1) is 0 Å². The minimum Gasteiger partial charge on any atom is -0.286 e. The van der Waals surface area contributed by atoms with Gasteiger partial charge in [-0.05, 0) is 0 Å². The molecule has 46 valence electrons. The van der Waals surface area contributed by atoms with Crippen molar-refractivity contribution in [1.82, 2.24) is 16.1 Å². The summed E-state index contributed by atoms with van der Waals surface area (Å²) in [6, 6.07) is 0. The largest absolute Gasteiger partial charge is 0.286 e. The summed E-state index contributed by atoms with van der Waals surface area (Å²) in [5.41, 5.74) is 5.71. The quantitative estimate of drug-likeness (QED) is 0.490. The first-order valence-corrected chi connectivity index (χ1v) is 2.65. The highest BCUT2D eigenvalue weighted by Gasteiger charge is 2.04. The summed E-state index contributed by atoms with van der Waals surface area (Å²) >= 11 is 0. The molecule has 0 spiro atoms. The molecule has 0 bridgehead atoms. The molecule has 1 aliphatic heterocycles. The van der Waals surface area contributed by atoms with Gasteiger partial charge in [-0.25, -0.2) is 5.53 Å². The zero-order valence-electron chi connectivity index (χ0n) is 5.10. The second kappa shape index (κ2) is 2.00. The molecule has 0 fully saturated rings. The van der Waals surface area contributed by atoms with Crippen LogP contribution >= 0.6 is 0 Å². The molecular weight excluding hydrogens is 104 g/mol. The molecule has 0 atom stereocenters. The summed E-state index contributed by atoms with van der Waals surface area (Å²) in [6.07, 6.45) is 0.942. The molecule has 0 saturated carbocycles. The highest BCUT2D eigenvalue weighted by Crippen LogP contribution is 1.86. The van der Waals surface area contributed by atoms with Crippen LogP contribution in [0.3, 0.4) is 0 Å². The van der Waals surface area contributed by atoms with Crippen LogP contribution in [0.4, 0.5) is 0 Å². The van der Waals surface area contributed by atoms with Crippen LogP contribution in [0.5, 0.6) is 0 Å². The van der Waals surface area contributed by atoms with E-state index < -0.39 is 0 Å². The maximum Gasteiger partial charge on any atom is 0.139 e. The van der Waals surface area contributed by atoms with E-state index in [0.717, 1.165) is 12.3 Å². The number of nitrogens with one attached hydrogen (secondary N) is 2. The minimum absolute atomic E-state index is 0.942. The van der Waals surface area contributed by atoms with E-state index in [0.29, 0.717) is 0 Å². The highest BCUT2D eigenvalue weighted by molar-refractivity contribution is 5.81. The first-order chi connectivity index (χ1) is 3.83. The van der Waals surface area contributed by atoms with Crippen LogP contribution in [0.15, 0.2) is 5.10 Å². The normalized spacial score (nSPS) is 19.5. The second-order valence-corrected chi connectivity index (χ2v) is 1.68. The predicted octanol–water partition coefficient (Wildman–Crippen LogP) is -0.336. The van der Waals surface area contributed by atoms with E-state index in [1.54, 1.807) is 5.12 Å². The van der Waals surface area contributed by atoms with Crippen LogP contribution in [0, 0.1) is 0 Å². The standard InChI is InChI=1S/C4H10N4/c1-3-4-5-7-8(2)6-4/h7H,3H2,1-2H3,(H,5,6). The lowest BCUT2D eigenvalue weighted by molar-refractivity contribution is 0.231. The lowest BCUT2D eigenvalue weighted by Crippen LogP contribution is -2.37. The molecule has 0 saturated heterocycles. The number of amidine groups is 1. The van der Waals surface area contributed by atoms with Crippen LogP contribution in [0.1, 0.15) is 13.3 Å². The average molecular weight is 114 g/mol. The molecule has 1 rings (SSSR count). The van der Waals surface area contributed by atoms with Gasteiger partial charge in [0.1, 0.15) is 5.84 Å². The molecule has 0 unspecified atom stereocenters. The van der Waals surface area contributed by atoms with E-state index in [-0.39, 0.29) is 0 Å². The smallest absolute Gasteiger partial charge is 0.139 e. The highest BCUT2D eigenvalue weighted by atomic mass is 15.9. The Bertz CT molecular complexity index is 109. The van der Waals surface area contributed by atoms with E-state index in [2.05, 4.69) is 16.1 Å². The molecule has 0 aromatic heterocycles. The van der Waals surface area contributed by atoms with Gasteiger partial charge < -0.3 is 0 Å². The molecule has 0 aromatic carbocycles. The summed E-state index contributed by atoms with van der Waals surface area (Å²) in [4.78, 5) is 0. The Morgan fingerprint density at radius 3 is 2.75 bits per heavy atom. The van der Waals surface area contributed by atoms with Gasteiger partial charge in [-0.2, -0.15) is 0 Å². The fraction of sp³-hybridized carbons (Fsp3) is 0.750. The fourth-order valence-electron chi connectivity index (χ4n) is 0.537. The van der Waals surface area contributed by atoms with Crippen molar-refractivity contribution >= 4 is 5.84 Å². The summed E-state index contributed by atoms with van der Waals surface area (Å²) in [7, 11) is 1.87. The van der Waals surface area contributed by atoms with E-state index in [1.165, 1.54) is 0 Å². The van der Waals surface area contributed by atoms with Gasteiger partial charge in [0, 0.05) is 13.5 Å². The van der Waals surface area contributed by atoms with Crippen molar-refractivity contribution < 1.29 is 0 Å². The Kier molecular flexibility index (Phi) is 1.34.